The number of carbonyl (C=O) groups is 2. The van der Waals surface area contributed by atoms with Gasteiger partial charge in [0.1, 0.15) is 5.75 Å². The number of anilines is 2. The molecule has 1 heterocycles. The average molecular weight is 380 g/mol. The molecule has 7 heteroatoms. The number of nitrogens with one attached hydrogen (secondary N) is 2. The Morgan fingerprint density at radius 3 is 2.65 bits per heavy atom. The largest absolute Gasteiger partial charge is 0.479 e. The van der Waals surface area contributed by atoms with Gasteiger partial charge in [-0.05, 0) is 62.6 Å². The minimum absolute atomic E-state index is 0. The van der Waals surface area contributed by atoms with Gasteiger partial charge in [0, 0.05) is 17.6 Å². The van der Waals surface area contributed by atoms with Gasteiger partial charge in [-0.1, -0.05) is 6.42 Å². The van der Waals surface area contributed by atoms with Gasteiger partial charge in [-0.15, -0.1) is 12.4 Å². The molecule has 0 radical (unpaired) electrons. The molecule has 4 rings (SSSR count). The first-order chi connectivity index (χ1) is 12.0. The predicted molar refractivity (Wildman–Crippen MR) is 103 cm³/mol. The van der Waals surface area contributed by atoms with Crippen LogP contribution in [0.3, 0.4) is 0 Å². The van der Waals surface area contributed by atoms with E-state index in [9.17, 15) is 9.59 Å². The topological polar surface area (TPSA) is 93.4 Å². The maximum Gasteiger partial charge on any atom is 0.265 e. The summed E-state index contributed by atoms with van der Waals surface area (Å²) in [6.45, 7) is 1.71. The Labute approximate surface area is 159 Å². The van der Waals surface area contributed by atoms with Crippen molar-refractivity contribution in [2.75, 3.05) is 10.6 Å². The fourth-order valence-corrected chi connectivity index (χ4v) is 4.53. The van der Waals surface area contributed by atoms with Crippen LogP contribution in [0, 0.1) is 17.8 Å². The minimum Gasteiger partial charge on any atom is -0.479 e. The molecule has 6 nitrogen and oxygen atoms in total. The highest BCUT2D eigenvalue weighted by Gasteiger charge is 2.40. The summed E-state index contributed by atoms with van der Waals surface area (Å²) in [4.78, 5) is 24.5. The highest BCUT2D eigenvalue weighted by molar-refractivity contribution is 5.99. The summed E-state index contributed by atoms with van der Waals surface area (Å²) in [5, 5.41) is 5.81. The summed E-state index contributed by atoms with van der Waals surface area (Å²) in [6.07, 6.45) is 4.78. The van der Waals surface area contributed by atoms with Crippen molar-refractivity contribution in [2.24, 2.45) is 23.5 Å². The molecule has 142 valence electrons. The number of halogens is 1. The van der Waals surface area contributed by atoms with Gasteiger partial charge >= 0.3 is 0 Å². The summed E-state index contributed by atoms with van der Waals surface area (Å²) in [7, 11) is 0. The molecular weight excluding hydrogens is 354 g/mol. The van der Waals surface area contributed by atoms with Crippen molar-refractivity contribution in [1.29, 1.82) is 0 Å². The molecule has 1 aliphatic heterocycles. The fraction of sp³-hybridized carbons (Fsp3) is 0.579. The Bertz CT molecular complexity index is 697. The van der Waals surface area contributed by atoms with E-state index in [1.54, 1.807) is 19.1 Å². The molecule has 3 aliphatic rings. The van der Waals surface area contributed by atoms with E-state index in [-0.39, 0.29) is 36.2 Å². The van der Waals surface area contributed by atoms with Crippen LogP contribution < -0.4 is 21.1 Å². The van der Waals surface area contributed by atoms with Gasteiger partial charge in [0.15, 0.2) is 6.10 Å². The van der Waals surface area contributed by atoms with Crippen molar-refractivity contribution in [1.82, 2.24) is 0 Å². The summed E-state index contributed by atoms with van der Waals surface area (Å²) in [5.41, 5.74) is 7.60. The Morgan fingerprint density at radius 1 is 1.27 bits per heavy atom. The SMILES string of the molecule is CC1Oc2ccc(NC(=O)C3CC4CCCC(C3)C4N)cc2NC1=O.Cl. The fourth-order valence-electron chi connectivity index (χ4n) is 4.53. The second-order valence-corrected chi connectivity index (χ2v) is 7.65. The van der Waals surface area contributed by atoms with Crippen LogP contribution in [0.5, 0.6) is 5.75 Å². The van der Waals surface area contributed by atoms with Crippen molar-refractivity contribution in [2.45, 2.75) is 51.2 Å². The highest BCUT2D eigenvalue weighted by atomic mass is 35.5. The molecule has 1 aromatic carbocycles. The Balaban J connectivity index is 0.00000196. The molecular formula is C19H26ClN3O3. The molecule has 2 saturated carbocycles. The van der Waals surface area contributed by atoms with E-state index in [0.717, 1.165) is 25.7 Å². The van der Waals surface area contributed by atoms with Crippen LogP contribution in [-0.2, 0) is 9.59 Å². The normalized spacial score (nSPS) is 32.4. The lowest BCUT2D eigenvalue weighted by molar-refractivity contribution is -0.123. The van der Waals surface area contributed by atoms with Crippen molar-refractivity contribution in [3.63, 3.8) is 0 Å². The molecule has 0 aromatic heterocycles. The number of amides is 2. The predicted octanol–water partition coefficient (Wildman–Crippen LogP) is 2.92. The number of fused-ring (bicyclic) bond motifs is 3. The van der Waals surface area contributed by atoms with Crippen LogP contribution in [0.1, 0.15) is 39.0 Å². The lowest BCUT2D eigenvalue weighted by atomic mass is 9.65. The third kappa shape index (κ3) is 3.53. The van der Waals surface area contributed by atoms with Gasteiger partial charge in [0.05, 0.1) is 5.69 Å². The number of nitrogens with two attached hydrogens (primary N) is 1. The quantitative estimate of drug-likeness (QED) is 0.736. The van der Waals surface area contributed by atoms with E-state index >= 15 is 0 Å². The van der Waals surface area contributed by atoms with Gasteiger partial charge in [-0.25, -0.2) is 0 Å². The van der Waals surface area contributed by atoms with Gasteiger partial charge in [-0.3, -0.25) is 9.59 Å². The maximum absolute atomic E-state index is 12.7. The Morgan fingerprint density at radius 2 is 1.96 bits per heavy atom. The van der Waals surface area contributed by atoms with E-state index < -0.39 is 6.10 Å². The molecule has 2 bridgehead atoms. The van der Waals surface area contributed by atoms with E-state index in [2.05, 4.69) is 10.6 Å². The Kier molecular flexibility index (Phi) is 5.44. The van der Waals surface area contributed by atoms with E-state index in [1.165, 1.54) is 6.42 Å². The zero-order valence-electron chi connectivity index (χ0n) is 14.9. The second-order valence-electron chi connectivity index (χ2n) is 7.65. The molecule has 4 N–H and O–H groups in total. The molecule has 0 spiro atoms. The first-order valence-corrected chi connectivity index (χ1v) is 9.19. The van der Waals surface area contributed by atoms with Crippen LogP contribution in [0.15, 0.2) is 18.2 Å². The molecule has 2 aliphatic carbocycles. The van der Waals surface area contributed by atoms with Crippen LogP contribution in [0.4, 0.5) is 11.4 Å². The van der Waals surface area contributed by atoms with Gasteiger partial charge in [-0.2, -0.15) is 0 Å². The van der Waals surface area contributed by atoms with Crippen molar-refractivity contribution >= 4 is 35.6 Å². The minimum atomic E-state index is -0.501. The monoisotopic (exact) mass is 379 g/mol. The summed E-state index contributed by atoms with van der Waals surface area (Å²) < 4.78 is 5.54. The third-order valence-electron chi connectivity index (χ3n) is 5.96. The van der Waals surface area contributed by atoms with Crippen molar-refractivity contribution in [3.8, 4) is 5.75 Å². The van der Waals surface area contributed by atoms with Crippen LogP contribution in [0.2, 0.25) is 0 Å². The van der Waals surface area contributed by atoms with E-state index in [4.69, 9.17) is 10.5 Å². The number of hydrogen-bond donors (Lipinski definition) is 3. The van der Waals surface area contributed by atoms with Crippen molar-refractivity contribution < 1.29 is 14.3 Å². The molecule has 1 aromatic rings. The summed E-state index contributed by atoms with van der Waals surface area (Å²) in [6, 6.07) is 5.62. The zero-order valence-corrected chi connectivity index (χ0v) is 15.7. The summed E-state index contributed by atoms with van der Waals surface area (Å²) in [5.74, 6) is 1.48. The standard InChI is InChI=1S/C19H25N3O3.ClH/c1-10-18(23)22-15-9-14(5-6-16(15)25-10)21-19(24)13-7-11-3-2-4-12(8-13)17(11)20;/h5-6,9-13,17H,2-4,7-8,20H2,1H3,(H,21,24)(H,22,23);1H. The maximum atomic E-state index is 12.7. The van der Waals surface area contributed by atoms with Crippen molar-refractivity contribution in [3.05, 3.63) is 18.2 Å². The van der Waals surface area contributed by atoms with E-state index in [0.29, 0.717) is 29.0 Å². The lowest BCUT2D eigenvalue weighted by Crippen LogP contribution is -2.48. The number of hydrogen-bond acceptors (Lipinski definition) is 4. The number of ether oxygens (including phenoxy) is 1. The molecule has 3 unspecified atom stereocenters. The first-order valence-electron chi connectivity index (χ1n) is 9.19. The van der Waals surface area contributed by atoms with Crippen LogP contribution in [0.25, 0.3) is 0 Å². The molecule has 2 fully saturated rings. The van der Waals surface area contributed by atoms with Gasteiger partial charge in [0.25, 0.3) is 5.91 Å². The van der Waals surface area contributed by atoms with Crippen LogP contribution >= 0.6 is 12.4 Å². The van der Waals surface area contributed by atoms with Gasteiger partial charge < -0.3 is 21.1 Å². The van der Waals surface area contributed by atoms with E-state index in [1.807, 2.05) is 6.07 Å². The van der Waals surface area contributed by atoms with Gasteiger partial charge in [0.2, 0.25) is 5.91 Å². The Hall–Kier alpha value is -1.79. The molecule has 0 saturated heterocycles. The molecule has 26 heavy (non-hydrogen) atoms. The zero-order chi connectivity index (χ0) is 17.6. The molecule has 2 amide bonds. The second kappa shape index (κ2) is 7.45. The highest BCUT2D eigenvalue weighted by Crippen LogP contribution is 2.42. The third-order valence-corrected chi connectivity index (χ3v) is 5.96. The number of carbonyl (C=O) groups excluding carboxylic acids is 2. The summed E-state index contributed by atoms with van der Waals surface area (Å²) >= 11 is 0. The lowest BCUT2D eigenvalue weighted by Gasteiger charge is -2.43. The smallest absolute Gasteiger partial charge is 0.265 e. The average Bonchev–Trinajstić information content (AvgIpc) is 2.56. The first kappa shape index (κ1) is 19.0. The molecule has 3 atom stereocenters. The number of rotatable bonds is 2. The number of benzene rings is 1. The van der Waals surface area contributed by atoms with Crippen LogP contribution in [-0.4, -0.2) is 24.0 Å².